The maximum absolute atomic E-state index is 12.9. The third kappa shape index (κ3) is 3.35. The highest BCUT2D eigenvalue weighted by molar-refractivity contribution is 7.87. The minimum absolute atomic E-state index is 0.0397. The average Bonchev–Trinajstić information content (AvgIpc) is 3.06. The minimum atomic E-state index is -4.01. The Labute approximate surface area is 180 Å². The predicted molar refractivity (Wildman–Crippen MR) is 123 cm³/mol. The molecule has 0 saturated carbocycles. The van der Waals surface area contributed by atoms with E-state index in [0.717, 1.165) is 33.0 Å². The van der Waals surface area contributed by atoms with Gasteiger partial charge < -0.3 is 8.75 Å². The summed E-state index contributed by atoms with van der Waals surface area (Å²) in [5, 5.41) is 2.02. The summed E-state index contributed by atoms with van der Waals surface area (Å²) >= 11 is 0. The third-order valence-corrected chi connectivity index (χ3v) is 6.66. The molecular weight excluding hydrogens is 408 g/mol. The largest absolute Gasteiger partial charge is 0.358 e. The van der Waals surface area contributed by atoms with Gasteiger partial charge in [0, 0.05) is 23.9 Å². The molecule has 0 aliphatic heterocycles. The first-order valence-corrected chi connectivity index (χ1v) is 11.3. The van der Waals surface area contributed by atoms with Crippen molar-refractivity contribution in [3.05, 3.63) is 90.5 Å². The molecule has 5 nitrogen and oxygen atoms in total. The van der Waals surface area contributed by atoms with Crippen LogP contribution < -0.4 is 4.18 Å². The van der Waals surface area contributed by atoms with Gasteiger partial charge in [-0.15, -0.1) is 0 Å². The quantitative estimate of drug-likeness (QED) is 0.356. The van der Waals surface area contributed by atoms with Crippen molar-refractivity contribution in [2.45, 2.75) is 11.8 Å². The van der Waals surface area contributed by atoms with E-state index in [0.29, 0.717) is 5.65 Å². The van der Waals surface area contributed by atoms with Crippen LogP contribution in [0.3, 0.4) is 0 Å². The van der Waals surface area contributed by atoms with Crippen LogP contribution in [0.15, 0.2) is 89.8 Å². The molecule has 0 unspecified atom stereocenters. The van der Waals surface area contributed by atoms with Crippen LogP contribution >= 0.6 is 0 Å². The second kappa shape index (κ2) is 7.25. The van der Waals surface area contributed by atoms with Crippen molar-refractivity contribution < 1.29 is 12.6 Å². The topological polar surface area (TPSA) is 61.2 Å². The van der Waals surface area contributed by atoms with Crippen LogP contribution in [-0.2, 0) is 17.2 Å². The van der Waals surface area contributed by atoms with Crippen LogP contribution in [0.1, 0.15) is 5.56 Å². The molecule has 3 aromatic carbocycles. The molecule has 0 atom stereocenters. The maximum Gasteiger partial charge on any atom is 0.340 e. The Morgan fingerprint density at radius 1 is 0.871 bits per heavy atom. The van der Waals surface area contributed by atoms with Gasteiger partial charge in [-0.05, 0) is 36.2 Å². The SMILES string of the molecule is Cc1ccc(S(=O)(=O)Oc2cc(-c3ccccc3)c3c4ccccc4n(C)c3n2)cc1. The van der Waals surface area contributed by atoms with Crippen LogP contribution in [0, 0.1) is 6.92 Å². The van der Waals surface area contributed by atoms with Gasteiger partial charge in [-0.1, -0.05) is 66.2 Å². The van der Waals surface area contributed by atoms with Gasteiger partial charge in [-0.3, -0.25) is 0 Å². The highest BCUT2D eigenvalue weighted by atomic mass is 32.2. The number of fused-ring (bicyclic) bond motifs is 3. The van der Waals surface area contributed by atoms with Gasteiger partial charge in [-0.2, -0.15) is 13.4 Å². The Balaban J connectivity index is 1.74. The van der Waals surface area contributed by atoms with E-state index in [1.165, 1.54) is 12.1 Å². The Morgan fingerprint density at radius 3 is 2.29 bits per heavy atom. The van der Waals surface area contributed by atoms with Crippen molar-refractivity contribution in [3.63, 3.8) is 0 Å². The van der Waals surface area contributed by atoms with E-state index in [4.69, 9.17) is 4.18 Å². The zero-order valence-electron chi connectivity index (χ0n) is 17.1. The lowest BCUT2D eigenvalue weighted by atomic mass is 10.0. The molecule has 0 amide bonds. The lowest BCUT2D eigenvalue weighted by molar-refractivity contribution is 0.477. The van der Waals surface area contributed by atoms with Crippen molar-refractivity contribution in [2.24, 2.45) is 7.05 Å². The fourth-order valence-corrected chi connectivity index (χ4v) is 4.74. The van der Waals surface area contributed by atoms with E-state index in [9.17, 15) is 8.42 Å². The Morgan fingerprint density at radius 2 is 1.55 bits per heavy atom. The summed E-state index contributed by atoms with van der Waals surface area (Å²) in [7, 11) is -2.09. The summed E-state index contributed by atoms with van der Waals surface area (Å²) in [5.74, 6) is 0.0397. The monoisotopic (exact) mass is 428 g/mol. The summed E-state index contributed by atoms with van der Waals surface area (Å²) < 4.78 is 33.2. The summed E-state index contributed by atoms with van der Waals surface area (Å²) in [6, 6.07) is 26.2. The molecule has 2 aromatic heterocycles. The predicted octanol–water partition coefficient (Wildman–Crippen LogP) is 5.47. The molecular formula is C25H20N2O3S. The lowest BCUT2D eigenvalue weighted by Crippen LogP contribution is -2.11. The summed E-state index contributed by atoms with van der Waals surface area (Å²) in [6.07, 6.45) is 0. The molecule has 5 aromatic rings. The second-order valence-electron chi connectivity index (χ2n) is 7.50. The van der Waals surface area contributed by atoms with E-state index < -0.39 is 10.1 Å². The van der Waals surface area contributed by atoms with Gasteiger partial charge in [0.2, 0.25) is 5.88 Å². The Kier molecular flexibility index (Phi) is 4.52. The van der Waals surface area contributed by atoms with Crippen molar-refractivity contribution in [1.82, 2.24) is 9.55 Å². The zero-order valence-corrected chi connectivity index (χ0v) is 17.9. The summed E-state index contributed by atoms with van der Waals surface area (Å²) in [5.41, 5.74) is 4.48. The van der Waals surface area contributed by atoms with Crippen LogP contribution in [-0.4, -0.2) is 18.0 Å². The number of rotatable bonds is 4. The van der Waals surface area contributed by atoms with Crippen molar-refractivity contribution in [3.8, 4) is 17.0 Å². The highest BCUT2D eigenvalue weighted by Crippen LogP contribution is 2.37. The van der Waals surface area contributed by atoms with E-state index >= 15 is 0 Å². The fraction of sp³-hybridized carbons (Fsp3) is 0.0800. The van der Waals surface area contributed by atoms with Gasteiger partial charge in [0.15, 0.2) is 0 Å². The first-order chi connectivity index (χ1) is 14.9. The number of pyridine rings is 1. The first kappa shape index (κ1) is 19.3. The van der Waals surface area contributed by atoms with Gasteiger partial charge in [0.25, 0.3) is 0 Å². The number of aromatic nitrogens is 2. The summed E-state index contributed by atoms with van der Waals surface area (Å²) in [6.45, 7) is 1.90. The average molecular weight is 429 g/mol. The number of nitrogens with zero attached hydrogens (tertiary/aromatic N) is 2. The third-order valence-electron chi connectivity index (χ3n) is 5.42. The van der Waals surface area contributed by atoms with Crippen LogP contribution in [0.25, 0.3) is 33.1 Å². The van der Waals surface area contributed by atoms with E-state index in [-0.39, 0.29) is 10.8 Å². The zero-order chi connectivity index (χ0) is 21.6. The molecule has 0 radical (unpaired) electrons. The number of hydrogen-bond acceptors (Lipinski definition) is 4. The molecule has 0 spiro atoms. The van der Waals surface area contributed by atoms with Crippen LogP contribution in [0.4, 0.5) is 0 Å². The normalized spacial score (nSPS) is 11.8. The minimum Gasteiger partial charge on any atom is -0.358 e. The number of aryl methyl sites for hydroxylation is 2. The molecule has 154 valence electrons. The van der Waals surface area contributed by atoms with Crippen molar-refractivity contribution in [1.29, 1.82) is 0 Å². The number of hydrogen-bond donors (Lipinski definition) is 0. The Hall–Kier alpha value is -3.64. The molecule has 0 bridgehead atoms. The van der Waals surface area contributed by atoms with E-state index in [2.05, 4.69) is 11.1 Å². The van der Waals surface area contributed by atoms with Gasteiger partial charge in [0.1, 0.15) is 10.5 Å². The van der Waals surface area contributed by atoms with Gasteiger partial charge >= 0.3 is 10.1 Å². The standard InChI is InChI=1S/C25H20N2O3S/c1-17-12-14-19(15-13-17)31(28,29)30-23-16-21(18-8-4-3-5-9-18)24-20-10-6-7-11-22(20)27(2)25(24)26-23/h3-16H,1-2H3. The molecule has 0 aliphatic carbocycles. The first-order valence-electron chi connectivity index (χ1n) is 9.89. The molecule has 0 saturated heterocycles. The number of benzene rings is 3. The van der Waals surface area contributed by atoms with Gasteiger partial charge in [-0.25, -0.2) is 0 Å². The van der Waals surface area contributed by atoms with Crippen LogP contribution in [0.2, 0.25) is 0 Å². The molecule has 6 heteroatoms. The van der Waals surface area contributed by atoms with E-state index in [1.807, 2.05) is 67.1 Å². The Bertz CT molecular complexity index is 1520. The molecule has 0 N–H and O–H groups in total. The maximum atomic E-state index is 12.9. The number of para-hydroxylation sites is 1. The summed E-state index contributed by atoms with van der Waals surface area (Å²) in [4.78, 5) is 4.68. The fourth-order valence-electron chi connectivity index (χ4n) is 3.86. The molecule has 31 heavy (non-hydrogen) atoms. The van der Waals surface area contributed by atoms with Crippen molar-refractivity contribution >= 4 is 32.1 Å². The van der Waals surface area contributed by atoms with Gasteiger partial charge in [0.05, 0.1) is 5.52 Å². The highest BCUT2D eigenvalue weighted by Gasteiger charge is 2.21. The van der Waals surface area contributed by atoms with Crippen molar-refractivity contribution in [2.75, 3.05) is 0 Å². The van der Waals surface area contributed by atoms with Crippen LogP contribution in [0.5, 0.6) is 5.88 Å². The smallest absolute Gasteiger partial charge is 0.340 e. The molecule has 5 rings (SSSR count). The second-order valence-corrected chi connectivity index (χ2v) is 9.05. The molecule has 0 aliphatic rings. The molecule has 0 fully saturated rings. The lowest BCUT2D eigenvalue weighted by Gasteiger charge is -2.10. The molecule has 2 heterocycles. The van der Waals surface area contributed by atoms with E-state index in [1.54, 1.807) is 18.2 Å².